The molecule has 0 saturated carbocycles. The van der Waals surface area contributed by atoms with Gasteiger partial charge in [-0.2, -0.15) is 0 Å². The molecule has 0 aliphatic carbocycles. The molecule has 17 heavy (non-hydrogen) atoms. The van der Waals surface area contributed by atoms with Crippen LogP contribution in [0.5, 0.6) is 0 Å². The topological polar surface area (TPSA) is 43.4 Å². The molecule has 0 bridgehead atoms. The van der Waals surface area contributed by atoms with E-state index in [9.17, 15) is 9.59 Å². The van der Waals surface area contributed by atoms with E-state index in [-0.39, 0.29) is 11.8 Å². The van der Waals surface area contributed by atoms with Crippen LogP contribution in [0.4, 0.5) is 0 Å². The SMILES string of the molecule is CC(=O)C1Cc2ccc(C(C)C)cc2C(=O)O1. The van der Waals surface area contributed by atoms with Gasteiger partial charge in [0.15, 0.2) is 11.9 Å². The minimum absolute atomic E-state index is 0.100. The molecule has 3 heteroatoms. The van der Waals surface area contributed by atoms with Crippen molar-refractivity contribution in [1.82, 2.24) is 0 Å². The Labute approximate surface area is 101 Å². The van der Waals surface area contributed by atoms with E-state index >= 15 is 0 Å². The second-order valence-corrected chi connectivity index (χ2v) is 4.78. The Bertz CT molecular complexity index is 474. The summed E-state index contributed by atoms with van der Waals surface area (Å²) in [5.41, 5.74) is 2.63. The van der Waals surface area contributed by atoms with Gasteiger partial charge in [0.2, 0.25) is 0 Å². The zero-order chi connectivity index (χ0) is 12.6. The minimum atomic E-state index is -0.611. The molecular weight excluding hydrogens is 216 g/mol. The first kappa shape index (κ1) is 11.8. The number of ether oxygens (including phenoxy) is 1. The van der Waals surface area contributed by atoms with Gasteiger partial charge in [-0.1, -0.05) is 26.0 Å². The summed E-state index contributed by atoms with van der Waals surface area (Å²) >= 11 is 0. The lowest BCUT2D eigenvalue weighted by Crippen LogP contribution is -2.32. The molecule has 1 aromatic rings. The van der Waals surface area contributed by atoms with E-state index in [0.717, 1.165) is 11.1 Å². The molecule has 2 rings (SSSR count). The van der Waals surface area contributed by atoms with Crippen LogP contribution in [-0.2, 0) is 16.0 Å². The van der Waals surface area contributed by atoms with Crippen LogP contribution in [0.1, 0.15) is 48.2 Å². The second-order valence-electron chi connectivity index (χ2n) is 4.78. The smallest absolute Gasteiger partial charge is 0.339 e. The van der Waals surface area contributed by atoms with Crippen molar-refractivity contribution in [2.24, 2.45) is 0 Å². The highest BCUT2D eigenvalue weighted by Crippen LogP contribution is 2.25. The van der Waals surface area contributed by atoms with Crippen molar-refractivity contribution >= 4 is 11.8 Å². The molecule has 1 aliphatic heterocycles. The fraction of sp³-hybridized carbons (Fsp3) is 0.429. The van der Waals surface area contributed by atoms with Gasteiger partial charge >= 0.3 is 5.97 Å². The fourth-order valence-electron chi connectivity index (χ4n) is 1.98. The van der Waals surface area contributed by atoms with Crippen molar-refractivity contribution in [3.8, 4) is 0 Å². The largest absolute Gasteiger partial charge is 0.450 e. The second kappa shape index (κ2) is 4.32. The van der Waals surface area contributed by atoms with Crippen LogP contribution in [-0.4, -0.2) is 17.9 Å². The van der Waals surface area contributed by atoms with Crippen molar-refractivity contribution in [1.29, 1.82) is 0 Å². The number of cyclic esters (lactones) is 1. The number of ketones is 1. The number of benzene rings is 1. The molecule has 1 heterocycles. The van der Waals surface area contributed by atoms with E-state index in [0.29, 0.717) is 17.9 Å². The van der Waals surface area contributed by atoms with Crippen LogP contribution < -0.4 is 0 Å². The maximum Gasteiger partial charge on any atom is 0.339 e. The third kappa shape index (κ3) is 2.23. The molecule has 1 unspecified atom stereocenters. The number of fused-ring (bicyclic) bond motifs is 1. The third-order valence-electron chi connectivity index (χ3n) is 3.13. The van der Waals surface area contributed by atoms with Crippen LogP contribution in [0.2, 0.25) is 0 Å². The summed E-state index contributed by atoms with van der Waals surface area (Å²) < 4.78 is 5.12. The predicted molar refractivity (Wildman–Crippen MR) is 64.1 cm³/mol. The fourth-order valence-corrected chi connectivity index (χ4v) is 1.98. The lowest BCUT2D eigenvalue weighted by molar-refractivity contribution is -0.125. The van der Waals surface area contributed by atoms with Crippen LogP contribution in [0.3, 0.4) is 0 Å². The van der Waals surface area contributed by atoms with E-state index < -0.39 is 6.10 Å². The Morgan fingerprint density at radius 3 is 2.71 bits per heavy atom. The number of esters is 1. The quantitative estimate of drug-likeness (QED) is 0.736. The standard InChI is InChI=1S/C14H16O3/c1-8(2)10-4-5-11-7-13(9(3)15)17-14(16)12(11)6-10/h4-6,8,13H,7H2,1-3H3. The molecule has 1 aromatic carbocycles. The lowest BCUT2D eigenvalue weighted by atomic mass is 9.92. The molecule has 1 aliphatic rings. The summed E-state index contributed by atoms with van der Waals surface area (Å²) in [6, 6.07) is 5.82. The number of carbonyl (C=O) groups excluding carboxylic acids is 2. The van der Waals surface area contributed by atoms with Crippen molar-refractivity contribution in [3.05, 3.63) is 34.9 Å². The van der Waals surface area contributed by atoms with Crippen molar-refractivity contribution in [2.75, 3.05) is 0 Å². The molecular formula is C14H16O3. The summed E-state index contributed by atoms with van der Waals surface area (Å²) in [5, 5.41) is 0. The molecule has 0 spiro atoms. The molecule has 0 radical (unpaired) electrons. The monoisotopic (exact) mass is 232 g/mol. The van der Waals surface area contributed by atoms with Crippen LogP contribution in [0, 0.1) is 0 Å². The van der Waals surface area contributed by atoms with Gasteiger partial charge in [0.05, 0.1) is 5.56 Å². The van der Waals surface area contributed by atoms with E-state index in [1.165, 1.54) is 6.92 Å². The normalized spacial score (nSPS) is 18.8. The number of Topliss-reactive ketones (excluding diaryl/α,β-unsaturated/α-hetero) is 1. The van der Waals surface area contributed by atoms with Crippen molar-refractivity contribution < 1.29 is 14.3 Å². The van der Waals surface area contributed by atoms with Gasteiger partial charge in [0, 0.05) is 6.42 Å². The average molecular weight is 232 g/mol. The molecule has 0 saturated heterocycles. The average Bonchev–Trinajstić information content (AvgIpc) is 2.28. The Morgan fingerprint density at radius 2 is 2.12 bits per heavy atom. The van der Waals surface area contributed by atoms with Crippen LogP contribution >= 0.6 is 0 Å². The summed E-state index contributed by atoms with van der Waals surface area (Å²) in [7, 11) is 0. The lowest BCUT2D eigenvalue weighted by Gasteiger charge is -2.23. The maximum atomic E-state index is 11.8. The third-order valence-corrected chi connectivity index (χ3v) is 3.13. The van der Waals surface area contributed by atoms with Crippen LogP contribution in [0.15, 0.2) is 18.2 Å². The van der Waals surface area contributed by atoms with E-state index in [4.69, 9.17) is 4.74 Å². The molecule has 0 N–H and O–H groups in total. The summed E-state index contributed by atoms with van der Waals surface area (Å²) in [6.07, 6.45) is -0.116. The van der Waals surface area contributed by atoms with Gasteiger partial charge in [0.25, 0.3) is 0 Å². The van der Waals surface area contributed by atoms with Crippen molar-refractivity contribution in [3.63, 3.8) is 0 Å². The first-order valence-corrected chi connectivity index (χ1v) is 5.83. The maximum absolute atomic E-state index is 11.8. The zero-order valence-electron chi connectivity index (χ0n) is 10.3. The number of hydrogen-bond acceptors (Lipinski definition) is 3. The van der Waals surface area contributed by atoms with Gasteiger partial charge in [-0.3, -0.25) is 4.79 Å². The molecule has 0 aromatic heterocycles. The Hall–Kier alpha value is -1.64. The number of carbonyl (C=O) groups is 2. The number of rotatable bonds is 2. The van der Waals surface area contributed by atoms with Crippen molar-refractivity contribution in [2.45, 2.75) is 39.2 Å². The van der Waals surface area contributed by atoms with Gasteiger partial charge in [-0.25, -0.2) is 4.79 Å². The van der Waals surface area contributed by atoms with Gasteiger partial charge in [-0.05, 0) is 30.0 Å². The van der Waals surface area contributed by atoms with Gasteiger partial charge in [0.1, 0.15) is 0 Å². The Balaban J connectivity index is 2.38. The number of hydrogen-bond donors (Lipinski definition) is 0. The summed E-state index contributed by atoms with van der Waals surface area (Å²) in [4.78, 5) is 23.1. The Kier molecular flexibility index (Phi) is 3.01. The highest BCUT2D eigenvalue weighted by molar-refractivity contribution is 5.96. The molecule has 0 amide bonds. The minimum Gasteiger partial charge on any atom is -0.450 e. The summed E-state index contributed by atoms with van der Waals surface area (Å²) in [5.74, 6) is -0.107. The van der Waals surface area contributed by atoms with E-state index in [2.05, 4.69) is 13.8 Å². The van der Waals surface area contributed by atoms with Crippen LogP contribution in [0.25, 0.3) is 0 Å². The predicted octanol–water partition coefficient (Wildman–Crippen LogP) is 2.48. The zero-order valence-corrected chi connectivity index (χ0v) is 10.3. The van der Waals surface area contributed by atoms with E-state index in [1.54, 1.807) is 0 Å². The van der Waals surface area contributed by atoms with E-state index in [1.807, 2.05) is 18.2 Å². The van der Waals surface area contributed by atoms with Gasteiger partial charge in [-0.15, -0.1) is 0 Å². The Morgan fingerprint density at radius 1 is 1.41 bits per heavy atom. The highest BCUT2D eigenvalue weighted by atomic mass is 16.5. The first-order valence-electron chi connectivity index (χ1n) is 5.83. The molecule has 90 valence electrons. The summed E-state index contributed by atoms with van der Waals surface area (Å²) in [6.45, 7) is 5.61. The molecule has 3 nitrogen and oxygen atoms in total. The molecule has 0 fully saturated rings. The first-order chi connectivity index (χ1) is 7.99. The highest BCUT2D eigenvalue weighted by Gasteiger charge is 2.29. The molecule has 1 atom stereocenters. The van der Waals surface area contributed by atoms with Gasteiger partial charge < -0.3 is 4.74 Å².